The number of hydrogen-bond donors (Lipinski definition) is 0. The number of alkyl halides is 6. The minimum Gasteiger partial charge on any atom is -0.768 e. The van der Waals surface area contributed by atoms with Gasteiger partial charge in [0.2, 0.25) is 0 Å². The van der Waals surface area contributed by atoms with Gasteiger partial charge in [-0.1, -0.05) is 0 Å². The van der Waals surface area contributed by atoms with Crippen molar-refractivity contribution in [1.82, 2.24) is 0 Å². The van der Waals surface area contributed by atoms with E-state index in [9.17, 15) is 39.9 Å². The first-order valence-electron chi connectivity index (χ1n) is 8.13. The fourth-order valence-electron chi connectivity index (χ4n) is 3.96. The highest BCUT2D eigenvalue weighted by molar-refractivity contribution is 7.80. The van der Waals surface area contributed by atoms with Crippen LogP contribution < -0.4 is 0 Å². The van der Waals surface area contributed by atoms with Gasteiger partial charge in [-0.25, -0.2) is 9.18 Å². The molecule has 0 saturated heterocycles. The third-order valence-electron chi connectivity index (χ3n) is 4.99. The van der Waals surface area contributed by atoms with E-state index in [4.69, 9.17) is 9.47 Å². The number of fused-ring (bicyclic) bond motifs is 2. The normalized spacial score (nSPS) is 32.1. The molecule has 0 aliphatic heterocycles. The molecule has 2 bridgehead atoms. The van der Waals surface area contributed by atoms with E-state index in [1.807, 2.05) is 0 Å². The second-order valence-corrected chi connectivity index (χ2v) is 8.90. The average molecular weight is 425 g/mol. The van der Waals surface area contributed by atoms with Crippen molar-refractivity contribution in [2.45, 2.75) is 68.8 Å². The van der Waals surface area contributed by atoms with Crippen molar-refractivity contribution in [2.75, 3.05) is 0 Å². The summed E-state index contributed by atoms with van der Waals surface area (Å²) < 4.78 is 113. The molecule has 2 aliphatic carbocycles. The van der Waals surface area contributed by atoms with Gasteiger partial charge in [-0.2, -0.15) is 22.0 Å². The monoisotopic (exact) mass is 425 g/mol. The summed E-state index contributed by atoms with van der Waals surface area (Å²) in [6, 6.07) is 0. The maximum atomic E-state index is 14.7. The molecule has 27 heavy (non-hydrogen) atoms. The van der Waals surface area contributed by atoms with Crippen molar-refractivity contribution in [3.63, 3.8) is 0 Å². The Labute approximate surface area is 154 Å². The molecule has 6 unspecified atom stereocenters. The van der Waals surface area contributed by atoms with Crippen molar-refractivity contribution in [3.05, 3.63) is 0 Å². The molecule has 0 N–H and O–H groups in total. The first-order valence-corrected chi connectivity index (χ1v) is 9.20. The van der Waals surface area contributed by atoms with Gasteiger partial charge in [0.25, 0.3) is 5.67 Å². The van der Waals surface area contributed by atoms with Gasteiger partial charge in [-0.05, 0) is 51.9 Å². The molecule has 5 nitrogen and oxygen atoms in total. The van der Waals surface area contributed by atoms with Crippen molar-refractivity contribution < 1.29 is 49.4 Å². The Bertz CT molecular complexity index is 619. The van der Waals surface area contributed by atoms with Crippen LogP contribution in [0.5, 0.6) is 0 Å². The van der Waals surface area contributed by atoms with Gasteiger partial charge in [0.15, 0.2) is 0 Å². The first-order chi connectivity index (χ1) is 12.0. The zero-order chi connectivity index (χ0) is 21.0. The van der Waals surface area contributed by atoms with E-state index in [1.165, 1.54) is 0 Å². The van der Waals surface area contributed by atoms with Gasteiger partial charge in [0.05, 0.1) is 0 Å². The summed E-state index contributed by atoms with van der Waals surface area (Å²) in [6.45, 7) is 4.70. The van der Waals surface area contributed by atoms with Gasteiger partial charge in [0.1, 0.15) is 11.7 Å². The summed E-state index contributed by atoms with van der Waals surface area (Å²) in [6.07, 6.45) is -9.09. The van der Waals surface area contributed by atoms with Crippen LogP contribution in [0.25, 0.3) is 0 Å². The number of hydrogen-bond acceptors (Lipinski definition) is 5. The summed E-state index contributed by atoms with van der Waals surface area (Å²) in [5.41, 5.74) is -6.09. The van der Waals surface area contributed by atoms with E-state index >= 15 is 0 Å². The maximum absolute atomic E-state index is 14.7. The molecule has 0 heterocycles. The lowest BCUT2D eigenvalue weighted by Gasteiger charge is -2.43. The number of halogens is 6. The molecule has 0 amide bonds. The Morgan fingerprint density at radius 1 is 1.00 bits per heavy atom. The van der Waals surface area contributed by atoms with Crippen molar-refractivity contribution in [2.24, 2.45) is 17.8 Å². The topological polar surface area (TPSA) is 75.7 Å². The van der Waals surface area contributed by atoms with E-state index in [2.05, 4.69) is 0 Å². The quantitative estimate of drug-likeness (QED) is 0.385. The minimum absolute atomic E-state index is 0.0819. The predicted molar refractivity (Wildman–Crippen MR) is 79.2 cm³/mol. The molecule has 158 valence electrons. The van der Waals surface area contributed by atoms with Crippen LogP contribution in [-0.4, -0.2) is 43.7 Å². The highest BCUT2D eigenvalue weighted by Gasteiger charge is 2.78. The van der Waals surface area contributed by atoms with Gasteiger partial charge < -0.3 is 14.0 Å². The van der Waals surface area contributed by atoms with Gasteiger partial charge >= 0.3 is 17.6 Å². The average Bonchev–Trinajstić information content (AvgIpc) is 3.02. The molecule has 2 saturated carbocycles. The summed E-state index contributed by atoms with van der Waals surface area (Å²) in [4.78, 5) is 11.7. The molecular formula is C15H19F6O5S-. The zero-order valence-corrected chi connectivity index (χ0v) is 15.5. The Kier molecular flexibility index (Phi) is 5.59. The Balaban J connectivity index is 2.18. The molecule has 0 aromatic carbocycles. The van der Waals surface area contributed by atoms with Crippen molar-refractivity contribution in [3.8, 4) is 0 Å². The number of carbonyl (C=O) groups excluding carboxylic acids is 1. The predicted octanol–water partition coefficient (Wildman–Crippen LogP) is 4.10. The number of ether oxygens (including phenoxy) is 2. The van der Waals surface area contributed by atoms with Gasteiger partial charge in [0, 0.05) is 17.0 Å². The zero-order valence-electron chi connectivity index (χ0n) is 14.6. The van der Waals surface area contributed by atoms with Crippen LogP contribution in [-0.2, 0) is 20.6 Å². The molecular weight excluding hydrogens is 406 g/mol. The molecule has 2 fully saturated rings. The summed E-state index contributed by atoms with van der Waals surface area (Å²) in [7, 11) is 0. The molecule has 0 aromatic rings. The van der Waals surface area contributed by atoms with E-state index in [0.29, 0.717) is 0 Å². The molecule has 6 atom stereocenters. The van der Waals surface area contributed by atoms with Crippen LogP contribution in [0, 0.1) is 17.8 Å². The highest BCUT2D eigenvalue weighted by Crippen LogP contribution is 2.62. The fourth-order valence-corrected chi connectivity index (χ4v) is 4.47. The van der Waals surface area contributed by atoms with Crippen LogP contribution in [0.2, 0.25) is 0 Å². The number of rotatable bonds is 4. The second kappa shape index (κ2) is 6.78. The first kappa shape index (κ1) is 22.3. The third kappa shape index (κ3) is 3.92. The van der Waals surface area contributed by atoms with E-state index in [1.54, 1.807) is 20.8 Å². The Morgan fingerprint density at radius 2 is 1.56 bits per heavy atom. The lowest BCUT2D eigenvalue weighted by molar-refractivity contribution is -0.304. The SMILES string of the molecule is CC(C)(C)OC(=O)OC1CC2CC1CC2C(F)(C(F)(F)F)C(F)(F)S(=O)[O-]. The van der Waals surface area contributed by atoms with Gasteiger partial charge in [-0.3, -0.25) is 4.21 Å². The van der Waals surface area contributed by atoms with E-state index in [-0.39, 0.29) is 12.8 Å². The third-order valence-corrected chi connectivity index (χ3v) is 5.70. The van der Waals surface area contributed by atoms with Crippen LogP contribution >= 0.6 is 0 Å². The van der Waals surface area contributed by atoms with E-state index in [0.717, 1.165) is 0 Å². The Morgan fingerprint density at radius 3 is 1.93 bits per heavy atom. The lowest BCUT2D eigenvalue weighted by atomic mass is 9.76. The lowest BCUT2D eigenvalue weighted by Crippen LogP contribution is -2.63. The van der Waals surface area contributed by atoms with Crippen LogP contribution in [0.15, 0.2) is 0 Å². The highest BCUT2D eigenvalue weighted by atomic mass is 32.2. The van der Waals surface area contributed by atoms with Crippen molar-refractivity contribution >= 4 is 17.2 Å². The van der Waals surface area contributed by atoms with Crippen molar-refractivity contribution in [1.29, 1.82) is 0 Å². The summed E-state index contributed by atoms with van der Waals surface area (Å²) in [5, 5.41) is -5.64. The molecule has 0 aromatic heterocycles. The minimum atomic E-state index is -6.09. The fraction of sp³-hybridized carbons (Fsp3) is 0.933. The largest absolute Gasteiger partial charge is 0.768 e. The Hall–Kier alpha value is -1.04. The van der Waals surface area contributed by atoms with Crippen LogP contribution in [0.4, 0.5) is 31.1 Å². The number of carbonyl (C=O) groups is 1. The standard InChI is InChI=1S/C15H20F6O5S/c1-12(2,3)26-11(22)25-10-6-7-4-8(10)5-9(7)13(16,14(17,18)19)15(20,21)27(23)24/h7-10H,4-6H2,1-3H3,(H,23,24)/p-1. The molecule has 0 spiro atoms. The molecule has 2 aliphatic rings. The summed E-state index contributed by atoms with van der Waals surface area (Å²) >= 11 is -4.60. The smallest absolute Gasteiger partial charge is 0.509 e. The second-order valence-electron chi connectivity index (χ2n) is 7.92. The maximum Gasteiger partial charge on any atom is 0.509 e. The van der Waals surface area contributed by atoms with E-state index < -0.39 is 70.2 Å². The molecule has 2 rings (SSSR count). The molecule has 0 radical (unpaired) electrons. The van der Waals surface area contributed by atoms with Crippen LogP contribution in [0.3, 0.4) is 0 Å². The van der Waals surface area contributed by atoms with Gasteiger partial charge in [-0.15, -0.1) is 0 Å². The molecule has 12 heteroatoms. The van der Waals surface area contributed by atoms with Crippen LogP contribution in [0.1, 0.15) is 40.0 Å². The summed E-state index contributed by atoms with van der Waals surface area (Å²) in [5.74, 6) is -4.25.